The second kappa shape index (κ2) is 8.24. The van der Waals surface area contributed by atoms with E-state index >= 15 is 0 Å². The summed E-state index contributed by atoms with van der Waals surface area (Å²) in [5, 5.41) is 3.18. The van der Waals surface area contributed by atoms with Crippen LogP contribution in [0.4, 0.5) is 13.2 Å². The third-order valence-electron chi connectivity index (χ3n) is 2.90. The molecule has 0 bridgehead atoms. The van der Waals surface area contributed by atoms with E-state index in [0.717, 1.165) is 5.56 Å². The highest BCUT2D eigenvalue weighted by Crippen LogP contribution is 2.24. The molecule has 1 atom stereocenters. The number of rotatable bonds is 8. The molecule has 1 aromatic carbocycles. The average Bonchev–Trinajstić information content (AvgIpc) is 2.41. The zero-order valence-electron chi connectivity index (χ0n) is 12.5. The van der Waals surface area contributed by atoms with E-state index < -0.39 is 18.7 Å². The van der Waals surface area contributed by atoms with Crippen molar-refractivity contribution < 1.29 is 22.6 Å². The number of methoxy groups -OCH3 is 1. The predicted molar refractivity (Wildman–Crippen MR) is 75.5 cm³/mol. The van der Waals surface area contributed by atoms with Crippen LogP contribution in [0, 0.1) is 0 Å². The molecule has 1 N–H and O–H groups in total. The second-order valence-corrected chi connectivity index (χ2v) is 5.06. The van der Waals surface area contributed by atoms with Crippen molar-refractivity contribution in [1.29, 1.82) is 0 Å². The van der Waals surface area contributed by atoms with Gasteiger partial charge in [0.25, 0.3) is 0 Å². The van der Waals surface area contributed by atoms with E-state index in [1.54, 1.807) is 31.4 Å². The smallest absolute Gasteiger partial charge is 0.391 e. The van der Waals surface area contributed by atoms with Crippen LogP contribution in [0.1, 0.15) is 31.9 Å². The van der Waals surface area contributed by atoms with Gasteiger partial charge in [0, 0.05) is 12.6 Å². The fourth-order valence-corrected chi connectivity index (χ4v) is 1.75. The van der Waals surface area contributed by atoms with Crippen molar-refractivity contribution in [1.82, 2.24) is 5.32 Å². The third kappa shape index (κ3) is 7.34. The van der Waals surface area contributed by atoms with Gasteiger partial charge in [-0.05, 0) is 17.7 Å². The number of benzene rings is 1. The third-order valence-corrected chi connectivity index (χ3v) is 2.90. The summed E-state index contributed by atoms with van der Waals surface area (Å²) in [6.07, 6.45) is -5.56. The lowest BCUT2D eigenvalue weighted by molar-refractivity contribution is -0.149. The summed E-state index contributed by atoms with van der Waals surface area (Å²) >= 11 is 0. The number of hydrogen-bond donors (Lipinski definition) is 1. The molecule has 0 fully saturated rings. The van der Waals surface area contributed by atoms with Gasteiger partial charge in [0.15, 0.2) is 0 Å². The van der Waals surface area contributed by atoms with Crippen LogP contribution in [-0.2, 0) is 4.74 Å². The lowest BCUT2D eigenvalue weighted by Gasteiger charge is -2.21. The van der Waals surface area contributed by atoms with Crippen LogP contribution in [-0.4, -0.2) is 32.5 Å². The molecule has 0 radical (unpaired) electrons. The van der Waals surface area contributed by atoms with Crippen molar-refractivity contribution in [2.75, 3.05) is 20.3 Å². The number of alkyl halides is 3. The molecule has 0 spiro atoms. The Hall–Kier alpha value is -1.27. The highest BCUT2D eigenvalue weighted by molar-refractivity contribution is 5.28. The van der Waals surface area contributed by atoms with E-state index in [9.17, 15) is 13.2 Å². The molecule has 0 saturated heterocycles. The SMILES string of the molecule is COc1ccc(C(CNC(C)C)OCCC(F)(F)F)cc1. The normalized spacial score (nSPS) is 13.5. The minimum absolute atomic E-state index is 0.233. The highest BCUT2D eigenvalue weighted by atomic mass is 19.4. The maximum Gasteiger partial charge on any atom is 0.391 e. The van der Waals surface area contributed by atoms with Gasteiger partial charge in [-0.2, -0.15) is 13.2 Å². The van der Waals surface area contributed by atoms with Crippen LogP contribution in [0.5, 0.6) is 5.75 Å². The standard InChI is InChI=1S/C15H22F3NO2/c1-11(2)19-10-14(21-9-8-15(16,17)18)12-4-6-13(20-3)7-5-12/h4-7,11,14,19H,8-10H2,1-3H3. The summed E-state index contributed by atoms with van der Waals surface area (Å²) in [4.78, 5) is 0. The first kappa shape index (κ1) is 17.8. The van der Waals surface area contributed by atoms with Gasteiger partial charge in [-0.15, -0.1) is 0 Å². The Kier molecular flexibility index (Phi) is 6.98. The first-order valence-electron chi connectivity index (χ1n) is 6.87. The van der Waals surface area contributed by atoms with Gasteiger partial charge in [0.2, 0.25) is 0 Å². The Morgan fingerprint density at radius 1 is 1.14 bits per heavy atom. The van der Waals surface area contributed by atoms with Crippen LogP contribution < -0.4 is 10.1 Å². The molecule has 1 rings (SSSR count). The lowest BCUT2D eigenvalue weighted by Crippen LogP contribution is -2.29. The summed E-state index contributed by atoms with van der Waals surface area (Å²) in [6.45, 7) is 4.06. The molecule has 0 heterocycles. The van der Waals surface area contributed by atoms with E-state index in [1.165, 1.54) is 0 Å². The Balaban J connectivity index is 2.66. The molecule has 21 heavy (non-hydrogen) atoms. The van der Waals surface area contributed by atoms with E-state index in [4.69, 9.17) is 9.47 Å². The van der Waals surface area contributed by atoms with E-state index in [0.29, 0.717) is 12.3 Å². The van der Waals surface area contributed by atoms with Crippen molar-refractivity contribution in [2.45, 2.75) is 38.6 Å². The largest absolute Gasteiger partial charge is 0.497 e. The quantitative estimate of drug-likeness (QED) is 0.794. The van der Waals surface area contributed by atoms with Gasteiger partial charge in [-0.1, -0.05) is 26.0 Å². The zero-order valence-corrected chi connectivity index (χ0v) is 12.5. The minimum atomic E-state index is -4.20. The van der Waals surface area contributed by atoms with Crippen molar-refractivity contribution >= 4 is 0 Å². The Labute approximate surface area is 123 Å². The van der Waals surface area contributed by atoms with Gasteiger partial charge in [-0.3, -0.25) is 0 Å². The van der Waals surface area contributed by atoms with E-state index in [2.05, 4.69) is 5.32 Å². The first-order valence-corrected chi connectivity index (χ1v) is 6.87. The van der Waals surface area contributed by atoms with Gasteiger partial charge in [0.1, 0.15) is 5.75 Å². The molecule has 0 aliphatic carbocycles. The van der Waals surface area contributed by atoms with Gasteiger partial charge in [0.05, 0.1) is 26.2 Å². The molecule has 0 aromatic heterocycles. The molecule has 0 aliphatic rings. The van der Waals surface area contributed by atoms with Crippen LogP contribution in [0.2, 0.25) is 0 Å². The highest BCUT2D eigenvalue weighted by Gasteiger charge is 2.27. The summed E-state index contributed by atoms with van der Waals surface area (Å²) in [7, 11) is 1.56. The zero-order chi connectivity index (χ0) is 15.9. The van der Waals surface area contributed by atoms with E-state index in [1.807, 2.05) is 13.8 Å². The molecular formula is C15H22F3NO2. The van der Waals surface area contributed by atoms with Crippen molar-refractivity contribution in [3.8, 4) is 5.75 Å². The first-order chi connectivity index (χ1) is 9.81. The second-order valence-electron chi connectivity index (χ2n) is 5.06. The molecule has 3 nitrogen and oxygen atoms in total. The maximum atomic E-state index is 12.2. The van der Waals surface area contributed by atoms with Gasteiger partial charge in [-0.25, -0.2) is 0 Å². The van der Waals surface area contributed by atoms with Crippen LogP contribution in [0.15, 0.2) is 24.3 Å². The maximum absolute atomic E-state index is 12.2. The number of hydrogen-bond acceptors (Lipinski definition) is 3. The summed E-state index contributed by atoms with van der Waals surface area (Å²) < 4.78 is 47.1. The van der Waals surface area contributed by atoms with Gasteiger partial charge < -0.3 is 14.8 Å². The van der Waals surface area contributed by atoms with E-state index in [-0.39, 0.29) is 12.6 Å². The molecular weight excluding hydrogens is 283 g/mol. The molecule has 0 aliphatic heterocycles. The minimum Gasteiger partial charge on any atom is -0.497 e. The van der Waals surface area contributed by atoms with Crippen molar-refractivity contribution in [2.24, 2.45) is 0 Å². The average molecular weight is 305 g/mol. The number of halogens is 3. The van der Waals surface area contributed by atoms with Crippen LogP contribution in [0.3, 0.4) is 0 Å². The fourth-order valence-electron chi connectivity index (χ4n) is 1.75. The summed E-state index contributed by atoms with van der Waals surface area (Å²) in [6, 6.07) is 7.38. The molecule has 6 heteroatoms. The van der Waals surface area contributed by atoms with Crippen molar-refractivity contribution in [3.63, 3.8) is 0 Å². The van der Waals surface area contributed by atoms with Crippen LogP contribution >= 0.6 is 0 Å². The Morgan fingerprint density at radius 3 is 2.24 bits per heavy atom. The molecule has 1 aromatic rings. The molecule has 120 valence electrons. The predicted octanol–water partition coefficient (Wildman–Crippen LogP) is 3.70. The van der Waals surface area contributed by atoms with Crippen molar-refractivity contribution in [3.05, 3.63) is 29.8 Å². The summed E-state index contributed by atoms with van der Waals surface area (Å²) in [5.41, 5.74) is 0.825. The lowest BCUT2D eigenvalue weighted by atomic mass is 10.1. The van der Waals surface area contributed by atoms with Crippen LogP contribution in [0.25, 0.3) is 0 Å². The molecule has 0 saturated carbocycles. The fraction of sp³-hybridized carbons (Fsp3) is 0.600. The Morgan fingerprint density at radius 2 is 1.76 bits per heavy atom. The summed E-state index contributed by atoms with van der Waals surface area (Å²) in [5.74, 6) is 0.699. The Bertz CT molecular complexity index is 404. The molecule has 1 unspecified atom stereocenters. The number of nitrogens with one attached hydrogen (secondary N) is 1. The molecule has 0 amide bonds. The monoisotopic (exact) mass is 305 g/mol. The number of ether oxygens (including phenoxy) is 2. The van der Waals surface area contributed by atoms with Gasteiger partial charge >= 0.3 is 6.18 Å². The topological polar surface area (TPSA) is 30.5 Å².